The fraction of sp³-hybridized carbons (Fsp3) is 1.00. The number of nitrogens with zero attached hydrogens (tertiary/aromatic N) is 1. The van der Waals surface area contributed by atoms with E-state index in [1.54, 1.807) is 7.11 Å². The molecule has 1 saturated heterocycles. The van der Waals surface area contributed by atoms with Crippen molar-refractivity contribution >= 4 is 0 Å². The summed E-state index contributed by atoms with van der Waals surface area (Å²) in [4.78, 5) is 2.50. The van der Waals surface area contributed by atoms with Crippen LogP contribution in [0.5, 0.6) is 0 Å². The lowest BCUT2D eigenvalue weighted by Gasteiger charge is -2.34. The van der Waals surface area contributed by atoms with Crippen LogP contribution in [0.3, 0.4) is 0 Å². The molecule has 16 heavy (non-hydrogen) atoms. The minimum absolute atomic E-state index is 0.635. The summed E-state index contributed by atoms with van der Waals surface area (Å²) in [5, 5.41) is 3.74. The van der Waals surface area contributed by atoms with Gasteiger partial charge in [0.15, 0.2) is 0 Å². The van der Waals surface area contributed by atoms with E-state index in [9.17, 15) is 0 Å². The molecule has 1 aliphatic heterocycles. The second-order valence-electron chi connectivity index (χ2n) is 5.31. The van der Waals surface area contributed by atoms with Gasteiger partial charge in [0.1, 0.15) is 0 Å². The predicted octanol–water partition coefficient (Wildman–Crippen LogP) is 1.73. The fourth-order valence-electron chi connectivity index (χ4n) is 2.11. The highest BCUT2D eigenvalue weighted by molar-refractivity contribution is 4.80. The SMILES string of the molecule is COCCN1CCC(NC(C)C(C)C)CC1. The molecule has 1 heterocycles. The monoisotopic (exact) mass is 228 g/mol. The number of likely N-dealkylation sites (tertiary alicyclic amines) is 1. The van der Waals surface area contributed by atoms with Crippen LogP contribution < -0.4 is 5.32 Å². The standard InChI is InChI=1S/C13H28N2O/c1-11(2)12(3)14-13-5-7-15(8-6-13)9-10-16-4/h11-14H,5-10H2,1-4H3. The lowest BCUT2D eigenvalue weighted by atomic mass is 10.0. The number of hydrogen-bond acceptors (Lipinski definition) is 3. The van der Waals surface area contributed by atoms with Crippen LogP contribution in [0.4, 0.5) is 0 Å². The van der Waals surface area contributed by atoms with E-state index in [1.165, 1.54) is 25.9 Å². The van der Waals surface area contributed by atoms with Crippen molar-refractivity contribution in [1.29, 1.82) is 0 Å². The quantitative estimate of drug-likeness (QED) is 0.749. The fourth-order valence-corrected chi connectivity index (χ4v) is 2.11. The van der Waals surface area contributed by atoms with Gasteiger partial charge in [-0.3, -0.25) is 0 Å². The predicted molar refractivity (Wildman–Crippen MR) is 68.8 cm³/mol. The highest BCUT2D eigenvalue weighted by atomic mass is 16.5. The summed E-state index contributed by atoms with van der Waals surface area (Å²) in [6, 6.07) is 1.35. The summed E-state index contributed by atoms with van der Waals surface area (Å²) >= 11 is 0. The Labute approximate surface area is 101 Å². The Morgan fingerprint density at radius 2 is 1.88 bits per heavy atom. The lowest BCUT2D eigenvalue weighted by molar-refractivity contribution is 0.123. The van der Waals surface area contributed by atoms with E-state index < -0.39 is 0 Å². The molecule has 1 aliphatic rings. The molecular weight excluding hydrogens is 200 g/mol. The Hall–Kier alpha value is -0.120. The van der Waals surface area contributed by atoms with Gasteiger partial charge in [-0.2, -0.15) is 0 Å². The highest BCUT2D eigenvalue weighted by Gasteiger charge is 2.20. The van der Waals surface area contributed by atoms with Crippen LogP contribution in [0.15, 0.2) is 0 Å². The molecule has 1 N–H and O–H groups in total. The van der Waals surface area contributed by atoms with Gasteiger partial charge in [-0.25, -0.2) is 0 Å². The molecule has 96 valence electrons. The van der Waals surface area contributed by atoms with Crippen molar-refractivity contribution in [2.45, 2.75) is 45.7 Å². The van der Waals surface area contributed by atoms with Gasteiger partial charge in [0.25, 0.3) is 0 Å². The van der Waals surface area contributed by atoms with E-state index in [0.29, 0.717) is 6.04 Å². The maximum Gasteiger partial charge on any atom is 0.0589 e. The molecule has 3 nitrogen and oxygen atoms in total. The van der Waals surface area contributed by atoms with Crippen LogP contribution in [0.2, 0.25) is 0 Å². The second-order valence-corrected chi connectivity index (χ2v) is 5.31. The van der Waals surface area contributed by atoms with Crippen LogP contribution in [-0.4, -0.2) is 50.3 Å². The van der Waals surface area contributed by atoms with Crippen LogP contribution >= 0.6 is 0 Å². The van der Waals surface area contributed by atoms with Gasteiger partial charge in [0, 0.05) is 25.7 Å². The zero-order chi connectivity index (χ0) is 12.0. The van der Waals surface area contributed by atoms with E-state index in [-0.39, 0.29) is 0 Å². The summed E-state index contributed by atoms with van der Waals surface area (Å²) in [6.07, 6.45) is 2.56. The molecule has 0 aromatic heterocycles. The third-order valence-corrected chi connectivity index (χ3v) is 3.70. The molecule has 0 amide bonds. The minimum atomic E-state index is 0.635. The summed E-state index contributed by atoms with van der Waals surface area (Å²) in [7, 11) is 1.78. The first kappa shape index (κ1) is 13.9. The summed E-state index contributed by atoms with van der Waals surface area (Å²) < 4.78 is 5.11. The Balaban J connectivity index is 2.16. The number of hydrogen-bond donors (Lipinski definition) is 1. The smallest absolute Gasteiger partial charge is 0.0589 e. The Morgan fingerprint density at radius 3 is 2.38 bits per heavy atom. The van der Waals surface area contributed by atoms with Crippen LogP contribution in [-0.2, 0) is 4.74 Å². The maximum atomic E-state index is 5.11. The minimum Gasteiger partial charge on any atom is -0.383 e. The Bertz CT molecular complexity index is 177. The van der Waals surface area contributed by atoms with Crippen molar-refractivity contribution in [3.63, 3.8) is 0 Å². The molecular formula is C13H28N2O. The molecule has 1 fully saturated rings. The molecule has 3 heteroatoms. The van der Waals surface area contributed by atoms with Gasteiger partial charge in [-0.05, 0) is 38.8 Å². The second kappa shape index (κ2) is 7.25. The number of rotatable bonds is 6. The summed E-state index contributed by atoms with van der Waals surface area (Å²) in [5.41, 5.74) is 0. The van der Waals surface area contributed by atoms with E-state index in [1.807, 2.05) is 0 Å². The number of methoxy groups -OCH3 is 1. The van der Waals surface area contributed by atoms with Crippen LogP contribution in [0.1, 0.15) is 33.6 Å². The van der Waals surface area contributed by atoms with Crippen molar-refractivity contribution in [1.82, 2.24) is 10.2 Å². The molecule has 0 saturated carbocycles. The molecule has 0 bridgehead atoms. The Morgan fingerprint density at radius 1 is 1.25 bits per heavy atom. The van der Waals surface area contributed by atoms with Gasteiger partial charge in [-0.15, -0.1) is 0 Å². The van der Waals surface area contributed by atoms with Crippen molar-refractivity contribution in [3.8, 4) is 0 Å². The van der Waals surface area contributed by atoms with Gasteiger partial charge in [0.2, 0.25) is 0 Å². The van der Waals surface area contributed by atoms with Gasteiger partial charge < -0.3 is 15.0 Å². The third kappa shape index (κ3) is 4.81. The first-order valence-corrected chi connectivity index (χ1v) is 6.60. The molecule has 1 rings (SSSR count). The zero-order valence-corrected chi connectivity index (χ0v) is 11.3. The van der Waals surface area contributed by atoms with Crippen molar-refractivity contribution in [2.24, 2.45) is 5.92 Å². The van der Waals surface area contributed by atoms with E-state index in [4.69, 9.17) is 4.74 Å². The first-order chi connectivity index (χ1) is 7.63. The summed E-state index contributed by atoms with van der Waals surface area (Å²) in [6.45, 7) is 11.2. The molecule has 0 radical (unpaired) electrons. The number of ether oxygens (including phenoxy) is 1. The third-order valence-electron chi connectivity index (χ3n) is 3.70. The number of nitrogens with one attached hydrogen (secondary N) is 1. The average Bonchev–Trinajstić information content (AvgIpc) is 2.28. The van der Waals surface area contributed by atoms with Gasteiger partial charge in [-0.1, -0.05) is 13.8 Å². The first-order valence-electron chi connectivity index (χ1n) is 6.60. The molecule has 0 spiro atoms. The van der Waals surface area contributed by atoms with Crippen molar-refractivity contribution in [2.75, 3.05) is 33.4 Å². The van der Waals surface area contributed by atoms with Crippen molar-refractivity contribution < 1.29 is 4.74 Å². The maximum absolute atomic E-state index is 5.11. The van der Waals surface area contributed by atoms with E-state index in [0.717, 1.165) is 25.1 Å². The topological polar surface area (TPSA) is 24.5 Å². The van der Waals surface area contributed by atoms with Gasteiger partial charge >= 0.3 is 0 Å². The Kier molecular flexibility index (Phi) is 6.32. The molecule has 0 aliphatic carbocycles. The largest absolute Gasteiger partial charge is 0.383 e. The molecule has 1 unspecified atom stereocenters. The number of piperidine rings is 1. The van der Waals surface area contributed by atoms with Crippen LogP contribution in [0, 0.1) is 5.92 Å². The van der Waals surface area contributed by atoms with E-state index in [2.05, 4.69) is 31.0 Å². The average molecular weight is 228 g/mol. The normalized spacial score (nSPS) is 21.6. The van der Waals surface area contributed by atoms with Gasteiger partial charge in [0.05, 0.1) is 6.61 Å². The summed E-state index contributed by atoms with van der Waals surface area (Å²) in [5.74, 6) is 0.728. The zero-order valence-electron chi connectivity index (χ0n) is 11.3. The van der Waals surface area contributed by atoms with E-state index >= 15 is 0 Å². The van der Waals surface area contributed by atoms with Crippen molar-refractivity contribution in [3.05, 3.63) is 0 Å². The lowest BCUT2D eigenvalue weighted by Crippen LogP contribution is -2.47. The molecule has 0 aromatic carbocycles. The molecule has 1 atom stereocenters. The molecule has 0 aromatic rings. The highest BCUT2D eigenvalue weighted by Crippen LogP contribution is 2.12. The van der Waals surface area contributed by atoms with Crippen LogP contribution in [0.25, 0.3) is 0 Å².